The number of allylic oxidation sites excluding steroid dienone is 8. The van der Waals surface area contributed by atoms with Gasteiger partial charge in [0.05, 0.1) is 6.10 Å². The summed E-state index contributed by atoms with van der Waals surface area (Å²) in [6.45, 7) is 16.1. The second-order valence-electron chi connectivity index (χ2n) is 10.0. The van der Waals surface area contributed by atoms with E-state index in [4.69, 9.17) is 0 Å². The molecule has 2 N–H and O–H groups in total. The largest absolute Gasteiger partial charge is 0.393 e. The van der Waals surface area contributed by atoms with Crippen molar-refractivity contribution in [2.75, 3.05) is 6.54 Å². The molecule has 30 heavy (non-hydrogen) atoms. The minimum Gasteiger partial charge on any atom is -0.393 e. The maximum Gasteiger partial charge on any atom is 0.182 e. The zero-order chi connectivity index (χ0) is 22.9. The molecule has 2 unspecified atom stereocenters. The van der Waals surface area contributed by atoms with E-state index in [1.54, 1.807) is 0 Å². The normalized spacial score (nSPS) is 16.9. The zero-order valence-electron chi connectivity index (χ0n) is 20.0. The molecule has 0 aliphatic heterocycles. The van der Waals surface area contributed by atoms with E-state index in [-0.39, 0.29) is 22.9 Å². The van der Waals surface area contributed by atoms with Gasteiger partial charge in [0.15, 0.2) is 11.6 Å². The fourth-order valence-electron chi connectivity index (χ4n) is 3.19. The van der Waals surface area contributed by atoms with E-state index in [9.17, 15) is 14.7 Å². The molecule has 0 bridgehead atoms. The van der Waals surface area contributed by atoms with Gasteiger partial charge in [-0.3, -0.25) is 9.59 Å². The van der Waals surface area contributed by atoms with Crippen LogP contribution in [0.3, 0.4) is 0 Å². The third-order valence-electron chi connectivity index (χ3n) is 5.44. The predicted molar refractivity (Wildman–Crippen MR) is 125 cm³/mol. The summed E-state index contributed by atoms with van der Waals surface area (Å²) >= 11 is 0. The number of aliphatic hydroxyl groups is 1. The molecule has 0 saturated heterocycles. The molecular formula is C26H41NO3. The lowest BCUT2D eigenvalue weighted by Crippen LogP contribution is -2.27. The summed E-state index contributed by atoms with van der Waals surface area (Å²) in [4.78, 5) is 23.2. The Hall–Kier alpha value is -1.94. The first-order valence-electron chi connectivity index (χ1n) is 11.1. The van der Waals surface area contributed by atoms with Crippen molar-refractivity contribution in [1.29, 1.82) is 0 Å². The van der Waals surface area contributed by atoms with Gasteiger partial charge in [-0.15, -0.1) is 0 Å². The van der Waals surface area contributed by atoms with Gasteiger partial charge < -0.3 is 10.4 Å². The third kappa shape index (κ3) is 10.2. The van der Waals surface area contributed by atoms with Crippen LogP contribution in [-0.2, 0) is 9.59 Å². The van der Waals surface area contributed by atoms with E-state index in [0.717, 1.165) is 25.8 Å². The molecule has 0 radical (unpaired) electrons. The highest BCUT2D eigenvalue weighted by Crippen LogP contribution is 2.21. The Balaban J connectivity index is 2.47. The molecule has 2 atom stereocenters. The van der Waals surface area contributed by atoms with Crippen molar-refractivity contribution < 1.29 is 14.7 Å². The number of ketones is 2. The average molecular weight is 416 g/mol. The first-order chi connectivity index (χ1) is 13.9. The van der Waals surface area contributed by atoms with Crippen LogP contribution >= 0.6 is 0 Å². The van der Waals surface area contributed by atoms with Crippen molar-refractivity contribution in [1.82, 2.24) is 5.32 Å². The van der Waals surface area contributed by atoms with Crippen molar-refractivity contribution >= 4 is 11.6 Å². The number of aliphatic hydroxyl groups excluding tert-OH is 1. The summed E-state index contributed by atoms with van der Waals surface area (Å²) in [5.74, 6) is -0.175. The molecule has 0 aromatic heterocycles. The molecule has 0 spiro atoms. The summed E-state index contributed by atoms with van der Waals surface area (Å²) in [5.41, 5.74) is 4.72. The van der Waals surface area contributed by atoms with E-state index < -0.39 is 6.10 Å². The highest BCUT2D eigenvalue weighted by Gasteiger charge is 2.18. The van der Waals surface area contributed by atoms with Crippen molar-refractivity contribution in [3.05, 3.63) is 46.7 Å². The molecule has 1 rings (SSSR count). The summed E-state index contributed by atoms with van der Waals surface area (Å²) in [7, 11) is 0. The van der Waals surface area contributed by atoms with Crippen LogP contribution in [0.25, 0.3) is 0 Å². The quantitative estimate of drug-likeness (QED) is 0.348. The average Bonchev–Trinajstić information content (AvgIpc) is 2.65. The molecule has 168 valence electrons. The van der Waals surface area contributed by atoms with Crippen molar-refractivity contribution in [2.24, 2.45) is 11.3 Å². The lowest BCUT2D eigenvalue weighted by molar-refractivity contribution is -0.114. The van der Waals surface area contributed by atoms with Gasteiger partial charge in [-0.2, -0.15) is 0 Å². The Morgan fingerprint density at radius 3 is 2.40 bits per heavy atom. The first-order valence-corrected chi connectivity index (χ1v) is 11.1. The van der Waals surface area contributed by atoms with Crippen LogP contribution in [0.4, 0.5) is 0 Å². The number of carbonyl (C=O) groups is 2. The number of carbonyl (C=O) groups excluding carboxylic acids is 2. The van der Waals surface area contributed by atoms with Crippen LogP contribution in [-0.4, -0.2) is 29.3 Å². The van der Waals surface area contributed by atoms with Crippen LogP contribution in [0.5, 0.6) is 0 Å². The summed E-state index contributed by atoms with van der Waals surface area (Å²) < 4.78 is 0. The monoisotopic (exact) mass is 415 g/mol. The molecule has 0 amide bonds. The van der Waals surface area contributed by atoms with E-state index in [2.05, 4.69) is 52.9 Å². The molecule has 1 aliphatic carbocycles. The van der Waals surface area contributed by atoms with Crippen LogP contribution in [0, 0.1) is 11.3 Å². The highest BCUT2D eigenvalue weighted by molar-refractivity contribution is 6.17. The van der Waals surface area contributed by atoms with Gasteiger partial charge in [-0.1, -0.05) is 44.9 Å². The third-order valence-corrected chi connectivity index (χ3v) is 5.44. The molecule has 0 heterocycles. The number of rotatable bonds is 11. The smallest absolute Gasteiger partial charge is 0.182 e. The molecule has 0 fully saturated rings. The molecule has 4 heteroatoms. The summed E-state index contributed by atoms with van der Waals surface area (Å²) in [6.07, 6.45) is 9.44. The van der Waals surface area contributed by atoms with Gasteiger partial charge in [0, 0.05) is 17.8 Å². The van der Waals surface area contributed by atoms with E-state index >= 15 is 0 Å². The molecule has 4 nitrogen and oxygen atoms in total. The van der Waals surface area contributed by atoms with Crippen LogP contribution in [0.15, 0.2) is 46.7 Å². The highest BCUT2D eigenvalue weighted by atomic mass is 16.3. The second kappa shape index (κ2) is 12.0. The van der Waals surface area contributed by atoms with Gasteiger partial charge in [0.25, 0.3) is 0 Å². The lowest BCUT2D eigenvalue weighted by atomic mass is 9.91. The fourth-order valence-corrected chi connectivity index (χ4v) is 3.19. The Morgan fingerprint density at radius 1 is 1.13 bits per heavy atom. The number of hydrogen-bond acceptors (Lipinski definition) is 4. The van der Waals surface area contributed by atoms with Crippen LogP contribution in [0.2, 0.25) is 0 Å². The lowest BCUT2D eigenvalue weighted by Gasteiger charge is -2.22. The minimum absolute atomic E-state index is 0.104. The Labute approximate surface area is 183 Å². The van der Waals surface area contributed by atoms with Gasteiger partial charge in [0.2, 0.25) is 0 Å². The maximum absolute atomic E-state index is 11.8. The van der Waals surface area contributed by atoms with Crippen LogP contribution in [0.1, 0.15) is 80.6 Å². The molecule has 0 saturated carbocycles. The number of hydrogen-bond donors (Lipinski definition) is 2. The van der Waals surface area contributed by atoms with Crippen LogP contribution < -0.4 is 5.32 Å². The molecule has 1 aliphatic rings. The van der Waals surface area contributed by atoms with Crippen molar-refractivity contribution in [2.45, 2.75) is 86.7 Å². The predicted octanol–water partition coefficient (Wildman–Crippen LogP) is 5.44. The Morgan fingerprint density at radius 2 is 1.80 bits per heavy atom. The van der Waals surface area contributed by atoms with Gasteiger partial charge in [-0.25, -0.2) is 0 Å². The SMILES string of the molecule is CC(=CCC(C)C(O)CCC1=CC(=O)C=CC1=O)CCC(NCC(C)(C)C)=C(C)C. The molecule has 0 aromatic rings. The zero-order valence-corrected chi connectivity index (χ0v) is 20.0. The van der Waals surface area contributed by atoms with E-state index in [1.807, 2.05) is 6.92 Å². The van der Waals surface area contributed by atoms with Crippen molar-refractivity contribution in [3.63, 3.8) is 0 Å². The number of nitrogens with one attached hydrogen (secondary N) is 1. The standard InChI is InChI=1S/C26H41NO3/c1-18(2)23(27-17-26(5,6)7)13-9-19(3)8-10-20(4)24(29)14-11-21-16-22(28)12-15-25(21)30/h8,12,15-16,20,24,27,29H,9-11,13-14,17H2,1-7H3. The summed E-state index contributed by atoms with van der Waals surface area (Å²) in [6, 6.07) is 0. The maximum atomic E-state index is 11.8. The van der Waals surface area contributed by atoms with E-state index in [1.165, 1.54) is 35.1 Å². The fraction of sp³-hybridized carbons (Fsp3) is 0.615. The van der Waals surface area contributed by atoms with Crippen molar-refractivity contribution in [3.8, 4) is 0 Å². The molecular weight excluding hydrogens is 374 g/mol. The summed E-state index contributed by atoms with van der Waals surface area (Å²) in [5, 5.41) is 14.1. The Kier molecular flexibility index (Phi) is 10.5. The minimum atomic E-state index is -0.495. The first kappa shape index (κ1) is 26.1. The van der Waals surface area contributed by atoms with Gasteiger partial charge >= 0.3 is 0 Å². The van der Waals surface area contributed by atoms with Gasteiger partial charge in [0.1, 0.15) is 0 Å². The van der Waals surface area contributed by atoms with Gasteiger partial charge in [-0.05, 0) is 82.4 Å². The Bertz CT molecular complexity index is 728. The second-order valence-corrected chi connectivity index (χ2v) is 10.0. The molecule has 0 aromatic carbocycles. The van der Waals surface area contributed by atoms with E-state index in [0.29, 0.717) is 18.4 Å². The topological polar surface area (TPSA) is 66.4 Å².